The van der Waals surface area contributed by atoms with Crippen molar-refractivity contribution in [2.75, 3.05) is 32.7 Å². The predicted molar refractivity (Wildman–Crippen MR) is 105 cm³/mol. The number of hydrogen-bond acceptors (Lipinski definition) is 5. The predicted octanol–water partition coefficient (Wildman–Crippen LogP) is 2.41. The number of benzene rings is 1. The van der Waals surface area contributed by atoms with Crippen molar-refractivity contribution >= 4 is 23.2 Å². The molecule has 0 bridgehead atoms. The van der Waals surface area contributed by atoms with Crippen LogP contribution in [0.2, 0.25) is 0 Å². The lowest BCUT2D eigenvalue weighted by Gasteiger charge is -2.35. The molecule has 1 saturated heterocycles. The van der Waals surface area contributed by atoms with Crippen molar-refractivity contribution in [1.29, 1.82) is 5.26 Å². The van der Waals surface area contributed by atoms with E-state index in [-0.39, 0.29) is 12.0 Å². The molecule has 1 aliphatic rings. The van der Waals surface area contributed by atoms with E-state index in [1.807, 2.05) is 11.8 Å². The molecule has 1 N–H and O–H groups in total. The molecule has 0 saturated carbocycles. The van der Waals surface area contributed by atoms with Crippen LogP contribution in [-0.2, 0) is 0 Å². The Bertz CT molecular complexity index is 648. The largest absolute Gasteiger partial charge is 0.491 e. The van der Waals surface area contributed by atoms with Gasteiger partial charge in [0.15, 0.2) is 5.11 Å². The second-order valence-corrected chi connectivity index (χ2v) is 6.74. The minimum Gasteiger partial charge on any atom is -0.491 e. The molecule has 1 aromatic carbocycles. The van der Waals surface area contributed by atoms with Crippen LogP contribution in [0.4, 0.5) is 0 Å². The molecule has 140 valence electrons. The lowest BCUT2D eigenvalue weighted by Crippen LogP contribution is -2.52. The van der Waals surface area contributed by atoms with Gasteiger partial charge in [-0.05, 0) is 49.8 Å². The summed E-state index contributed by atoms with van der Waals surface area (Å²) in [5.41, 5.74) is 0.552. The van der Waals surface area contributed by atoms with Crippen molar-refractivity contribution in [3.05, 3.63) is 29.8 Å². The highest BCUT2D eigenvalue weighted by Crippen LogP contribution is 2.15. The van der Waals surface area contributed by atoms with E-state index in [0.717, 1.165) is 44.9 Å². The zero-order valence-corrected chi connectivity index (χ0v) is 16.2. The van der Waals surface area contributed by atoms with Crippen LogP contribution >= 0.6 is 12.2 Å². The van der Waals surface area contributed by atoms with Gasteiger partial charge in [0.2, 0.25) is 0 Å². The van der Waals surface area contributed by atoms with Gasteiger partial charge in [0, 0.05) is 44.7 Å². The lowest BCUT2D eigenvalue weighted by atomic mass is 10.2. The highest BCUT2D eigenvalue weighted by atomic mass is 32.1. The Kier molecular flexibility index (Phi) is 7.82. The van der Waals surface area contributed by atoms with E-state index in [1.165, 1.54) is 0 Å². The van der Waals surface area contributed by atoms with E-state index < -0.39 is 0 Å². The Morgan fingerprint density at radius 3 is 2.54 bits per heavy atom. The van der Waals surface area contributed by atoms with E-state index in [9.17, 15) is 4.79 Å². The van der Waals surface area contributed by atoms with Crippen molar-refractivity contribution < 1.29 is 9.53 Å². The number of carbonyl (C=O) groups excluding carboxylic acids is 1. The summed E-state index contributed by atoms with van der Waals surface area (Å²) in [5.74, 6) is 0.545. The van der Waals surface area contributed by atoms with Gasteiger partial charge in [-0.15, -0.1) is 0 Å². The van der Waals surface area contributed by atoms with Crippen molar-refractivity contribution in [3.63, 3.8) is 0 Å². The van der Waals surface area contributed by atoms with E-state index in [2.05, 4.69) is 23.2 Å². The van der Waals surface area contributed by atoms with Gasteiger partial charge < -0.3 is 9.64 Å². The van der Waals surface area contributed by atoms with Gasteiger partial charge in [-0.25, -0.2) is 0 Å². The molecule has 1 aliphatic heterocycles. The Labute approximate surface area is 160 Å². The van der Waals surface area contributed by atoms with E-state index >= 15 is 0 Å². The Balaban J connectivity index is 1.82. The second-order valence-electron chi connectivity index (χ2n) is 6.36. The summed E-state index contributed by atoms with van der Waals surface area (Å²) < 4.78 is 5.72. The molecule has 6 nitrogen and oxygen atoms in total. The molecule has 0 spiro atoms. The highest BCUT2D eigenvalue weighted by Gasteiger charge is 2.20. The maximum absolute atomic E-state index is 12.4. The lowest BCUT2D eigenvalue weighted by molar-refractivity contribution is 0.0969. The first-order valence-electron chi connectivity index (χ1n) is 8.99. The molecular weight excluding hydrogens is 348 g/mol. The van der Waals surface area contributed by atoms with Gasteiger partial charge in [0.05, 0.1) is 12.2 Å². The van der Waals surface area contributed by atoms with Crippen LogP contribution in [0.25, 0.3) is 0 Å². The first-order chi connectivity index (χ1) is 12.5. The van der Waals surface area contributed by atoms with E-state index in [4.69, 9.17) is 22.2 Å². The quantitative estimate of drug-likeness (QED) is 0.771. The van der Waals surface area contributed by atoms with Gasteiger partial charge >= 0.3 is 0 Å². The third kappa shape index (κ3) is 5.97. The zero-order chi connectivity index (χ0) is 18.9. The highest BCUT2D eigenvalue weighted by molar-refractivity contribution is 7.80. The number of nitrogens with zero attached hydrogens (tertiary/aromatic N) is 3. The maximum Gasteiger partial charge on any atom is 0.257 e. The number of hydrogen-bond donors (Lipinski definition) is 1. The summed E-state index contributed by atoms with van der Waals surface area (Å²) in [7, 11) is 0. The van der Waals surface area contributed by atoms with Crippen LogP contribution in [0, 0.1) is 11.3 Å². The summed E-state index contributed by atoms with van der Waals surface area (Å²) in [5, 5.41) is 11.9. The standard InChI is InChI=1S/C19H26N4O2S/c1-3-15(2)25-17-7-5-16(6-8-17)18(24)21-19(26)23-13-11-22(12-14-23)10-4-9-20/h5-8,15H,3-4,10-14H2,1-2H3,(H,21,24,26). The summed E-state index contributed by atoms with van der Waals surface area (Å²) in [6.07, 6.45) is 1.62. The SMILES string of the molecule is CCC(C)Oc1ccc(C(=O)NC(=S)N2CCN(CCC#N)CC2)cc1. The fourth-order valence-corrected chi connectivity index (χ4v) is 2.91. The molecule has 26 heavy (non-hydrogen) atoms. The third-order valence-electron chi connectivity index (χ3n) is 4.45. The number of piperazine rings is 1. The van der Waals surface area contributed by atoms with Crippen LogP contribution in [0.3, 0.4) is 0 Å². The Morgan fingerprint density at radius 2 is 1.96 bits per heavy atom. The molecule has 1 heterocycles. The van der Waals surface area contributed by atoms with Crippen LogP contribution in [0.5, 0.6) is 5.75 Å². The summed E-state index contributed by atoms with van der Waals surface area (Å²) in [6.45, 7) is 8.07. The van der Waals surface area contributed by atoms with Gasteiger partial charge in [0.1, 0.15) is 5.75 Å². The number of carbonyl (C=O) groups is 1. The van der Waals surface area contributed by atoms with E-state index in [1.54, 1.807) is 24.3 Å². The van der Waals surface area contributed by atoms with Crippen molar-refractivity contribution in [2.45, 2.75) is 32.8 Å². The Morgan fingerprint density at radius 1 is 1.31 bits per heavy atom. The molecule has 0 aliphatic carbocycles. The number of nitrogens with one attached hydrogen (secondary N) is 1. The fraction of sp³-hybridized carbons (Fsp3) is 0.526. The van der Waals surface area contributed by atoms with Crippen molar-refractivity contribution in [2.24, 2.45) is 0 Å². The van der Waals surface area contributed by atoms with Gasteiger partial charge in [-0.3, -0.25) is 15.0 Å². The molecule has 1 fully saturated rings. The molecule has 7 heteroatoms. The molecule has 0 radical (unpaired) electrons. The van der Waals surface area contributed by atoms with E-state index in [0.29, 0.717) is 17.1 Å². The second kappa shape index (κ2) is 10.1. The molecule has 0 aromatic heterocycles. The van der Waals surface area contributed by atoms with Gasteiger partial charge in [0.25, 0.3) is 5.91 Å². The fourth-order valence-electron chi connectivity index (χ4n) is 2.63. The van der Waals surface area contributed by atoms with Crippen LogP contribution in [-0.4, -0.2) is 59.6 Å². The number of amides is 1. The topological polar surface area (TPSA) is 68.6 Å². The summed E-state index contributed by atoms with van der Waals surface area (Å²) in [4.78, 5) is 16.6. The average Bonchev–Trinajstić information content (AvgIpc) is 2.67. The maximum atomic E-state index is 12.4. The first-order valence-corrected chi connectivity index (χ1v) is 9.40. The number of thiocarbonyl (C=S) groups is 1. The molecule has 1 aromatic rings. The van der Waals surface area contributed by atoms with Gasteiger partial charge in [-0.2, -0.15) is 5.26 Å². The smallest absolute Gasteiger partial charge is 0.257 e. The number of rotatable bonds is 6. The normalized spacial score (nSPS) is 15.8. The van der Waals surface area contributed by atoms with Gasteiger partial charge in [-0.1, -0.05) is 6.92 Å². The summed E-state index contributed by atoms with van der Waals surface area (Å²) >= 11 is 5.37. The minimum absolute atomic E-state index is 0.147. The van der Waals surface area contributed by atoms with Crippen LogP contribution in [0.15, 0.2) is 24.3 Å². The monoisotopic (exact) mass is 374 g/mol. The molecule has 1 amide bonds. The number of nitriles is 1. The Hall–Kier alpha value is -2.17. The molecule has 2 rings (SSSR count). The third-order valence-corrected chi connectivity index (χ3v) is 4.81. The van der Waals surface area contributed by atoms with Crippen molar-refractivity contribution in [1.82, 2.24) is 15.1 Å². The van der Waals surface area contributed by atoms with Crippen LogP contribution < -0.4 is 10.1 Å². The summed E-state index contributed by atoms with van der Waals surface area (Å²) in [6, 6.07) is 9.26. The average molecular weight is 375 g/mol. The first kappa shape index (κ1) is 20.1. The van der Waals surface area contributed by atoms with Crippen LogP contribution in [0.1, 0.15) is 37.0 Å². The number of ether oxygens (including phenoxy) is 1. The van der Waals surface area contributed by atoms with Crippen molar-refractivity contribution in [3.8, 4) is 11.8 Å². The zero-order valence-electron chi connectivity index (χ0n) is 15.4. The molecule has 1 atom stereocenters. The molecule has 1 unspecified atom stereocenters. The minimum atomic E-state index is -0.211. The molecular formula is C19H26N4O2S.